The number of aromatic nitrogens is 2. The Bertz CT molecular complexity index is 2000. The summed E-state index contributed by atoms with van der Waals surface area (Å²) in [6, 6.07) is 8.63. The van der Waals surface area contributed by atoms with Crippen molar-refractivity contribution in [2.75, 3.05) is 37.0 Å². The molecule has 1 unspecified atom stereocenters. The fraction of sp³-hybridized carbons (Fsp3) is 0.484. The fourth-order valence-electron chi connectivity index (χ4n) is 6.61. The van der Waals surface area contributed by atoms with Crippen molar-refractivity contribution in [1.29, 1.82) is 0 Å². The minimum absolute atomic E-state index is 0.184. The van der Waals surface area contributed by atoms with Gasteiger partial charge in [-0.05, 0) is 87.6 Å². The van der Waals surface area contributed by atoms with Gasteiger partial charge in [0.1, 0.15) is 18.4 Å². The van der Waals surface area contributed by atoms with Crippen molar-refractivity contribution < 1.29 is 45.0 Å². The number of carbonyl (C=O) groups excluding carboxylic acids is 1. The molecule has 0 saturated carbocycles. The molecule has 0 radical (unpaired) electrons. The summed E-state index contributed by atoms with van der Waals surface area (Å²) in [7, 11) is -4.63. The van der Waals surface area contributed by atoms with Crippen LogP contribution in [0.2, 0.25) is 0 Å². The Morgan fingerprint density at radius 2 is 1.87 bits per heavy atom. The summed E-state index contributed by atoms with van der Waals surface area (Å²) in [6.07, 6.45) is 4.66. The highest BCUT2D eigenvalue weighted by Gasteiger charge is 2.43. The largest absolute Gasteiger partial charge is 0.741 e. The lowest BCUT2D eigenvalue weighted by Gasteiger charge is -2.38. The van der Waals surface area contributed by atoms with Crippen LogP contribution in [0.1, 0.15) is 57.2 Å². The third-order valence-electron chi connectivity index (χ3n) is 8.37. The number of imidazole rings is 1. The second-order valence-electron chi connectivity index (χ2n) is 12.9. The first-order chi connectivity index (χ1) is 22.0. The van der Waals surface area contributed by atoms with Gasteiger partial charge in [-0.25, -0.2) is 13.0 Å². The Morgan fingerprint density at radius 3 is 2.51 bits per heavy atom. The van der Waals surface area contributed by atoms with E-state index < -0.39 is 15.6 Å². The number of ether oxygens (including phenoxy) is 2. The standard InChI is InChI=1S/C30H34BrN4O3S.CHF3O3S/c1-30(2,3)32-28-26-21-13-17-7-5-11-33-12-6-8-20(25(17)33)27(21)38-16-19(15-24(36)37-4)34(26)29-35(28)22-10-9-18(31)14-23(22)39-29;2-1(3,4)8(5,6)7/h9-10,13-14,19,32H,5-8,11-12,15-16H2,1-4H3;(H,5,6,7)/q+1;/p-1. The molecule has 0 bridgehead atoms. The molecular weight excluding hydrogens is 725 g/mol. The minimum atomic E-state index is -6.09. The summed E-state index contributed by atoms with van der Waals surface area (Å²) >= 11 is 5.41. The molecule has 1 atom stereocenters. The average Bonchev–Trinajstić information content (AvgIpc) is 3.42. The summed E-state index contributed by atoms with van der Waals surface area (Å²) in [6.45, 7) is 9.24. The molecule has 1 N–H and O–H groups in total. The van der Waals surface area contributed by atoms with Crippen LogP contribution < -0.4 is 19.5 Å². The molecule has 0 amide bonds. The van der Waals surface area contributed by atoms with Crippen LogP contribution in [0.5, 0.6) is 5.75 Å². The molecule has 2 aromatic carbocycles. The molecule has 0 aliphatic carbocycles. The van der Waals surface area contributed by atoms with Crippen molar-refractivity contribution >= 4 is 70.0 Å². The second kappa shape index (κ2) is 12.1. The minimum Gasteiger partial charge on any atom is -0.741 e. The number of alkyl halides is 3. The number of halogens is 4. The molecule has 2 aromatic heterocycles. The Labute approximate surface area is 282 Å². The van der Waals surface area contributed by atoms with Gasteiger partial charge >= 0.3 is 16.4 Å². The van der Waals surface area contributed by atoms with Gasteiger partial charge in [-0.1, -0.05) is 15.9 Å². The summed E-state index contributed by atoms with van der Waals surface area (Å²) in [4.78, 5) is 16.4. The van der Waals surface area contributed by atoms with Crippen molar-refractivity contribution in [3.8, 4) is 17.0 Å². The van der Waals surface area contributed by atoms with Crippen molar-refractivity contribution in [1.82, 2.24) is 4.40 Å². The van der Waals surface area contributed by atoms with Crippen LogP contribution in [0.3, 0.4) is 0 Å². The molecule has 16 heteroatoms. The average molecular weight is 760 g/mol. The van der Waals surface area contributed by atoms with Crippen LogP contribution in [0, 0.1) is 0 Å². The van der Waals surface area contributed by atoms with E-state index in [1.165, 1.54) is 35.0 Å². The number of anilines is 2. The second-order valence-corrected chi connectivity index (χ2v) is 16.1. The molecule has 0 fully saturated rings. The van der Waals surface area contributed by atoms with Crippen molar-refractivity contribution in [3.63, 3.8) is 0 Å². The van der Waals surface area contributed by atoms with Gasteiger partial charge < -0.3 is 24.2 Å². The first kappa shape index (κ1) is 33.8. The zero-order valence-corrected chi connectivity index (χ0v) is 29.4. The fourth-order valence-corrected chi connectivity index (χ4v) is 8.39. The van der Waals surface area contributed by atoms with E-state index in [2.05, 4.69) is 80.2 Å². The lowest BCUT2D eigenvalue weighted by Crippen LogP contribution is -2.43. The Balaban J connectivity index is 0.000000431. The smallest absolute Gasteiger partial charge is 0.485 e. The SMILES string of the molecule is COC(=O)CC1COc2c(cc3c4c2CCCN4CCC3)-c2c(NC(C)(C)C)n3c4ccc(Br)cc4sc3[n+]21.O=S(=O)([O-])C(F)(F)F. The van der Waals surface area contributed by atoms with Gasteiger partial charge in [0.2, 0.25) is 11.5 Å². The van der Waals surface area contributed by atoms with Crippen LogP contribution in [-0.4, -0.2) is 61.2 Å². The van der Waals surface area contributed by atoms with Gasteiger partial charge in [0.05, 0.1) is 23.8 Å². The van der Waals surface area contributed by atoms with E-state index in [9.17, 15) is 18.0 Å². The normalized spacial score (nSPS) is 17.6. The summed E-state index contributed by atoms with van der Waals surface area (Å²) in [5.74, 6) is 1.81. The van der Waals surface area contributed by atoms with E-state index in [-0.39, 0.29) is 24.0 Å². The van der Waals surface area contributed by atoms with E-state index in [4.69, 9.17) is 22.4 Å². The molecule has 7 rings (SSSR count). The van der Waals surface area contributed by atoms with Gasteiger partial charge in [0.25, 0.3) is 0 Å². The predicted molar refractivity (Wildman–Crippen MR) is 175 cm³/mol. The number of nitrogens with one attached hydrogen (secondary N) is 1. The van der Waals surface area contributed by atoms with Crippen LogP contribution in [0.4, 0.5) is 24.7 Å². The third kappa shape index (κ3) is 6.29. The quantitative estimate of drug-likeness (QED) is 0.112. The highest BCUT2D eigenvalue weighted by atomic mass is 79.9. The van der Waals surface area contributed by atoms with Crippen LogP contribution in [0.25, 0.3) is 26.4 Å². The number of rotatable bonds is 3. The maximum absolute atomic E-state index is 12.7. The molecule has 3 aliphatic rings. The predicted octanol–water partition coefficient (Wildman–Crippen LogP) is 6.33. The number of methoxy groups -OCH3 is 1. The molecule has 0 spiro atoms. The highest BCUT2D eigenvalue weighted by Crippen LogP contribution is 2.49. The summed E-state index contributed by atoms with van der Waals surface area (Å²) in [5, 5.41) is 3.88. The van der Waals surface area contributed by atoms with E-state index in [1.54, 1.807) is 11.3 Å². The maximum Gasteiger partial charge on any atom is 0.485 e. The van der Waals surface area contributed by atoms with Crippen molar-refractivity contribution in [2.45, 2.75) is 70.0 Å². The van der Waals surface area contributed by atoms with E-state index in [0.717, 1.165) is 70.1 Å². The van der Waals surface area contributed by atoms with E-state index in [1.807, 2.05) is 0 Å². The van der Waals surface area contributed by atoms with Crippen molar-refractivity contribution in [2.24, 2.45) is 0 Å². The molecule has 47 heavy (non-hydrogen) atoms. The number of fused-ring (bicyclic) bond motifs is 8. The number of esters is 1. The number of nitrogens with zero attached hydrogens (tertiary/aromatic N) is 3. The van der Waals surface area contributed by atoms with Gasteiger partial charge in [-0.3, -0.25) is 4.79 Å². The topological polar surface area (TPSA) is 116 Å². The first-order valence-electron chi connectivity index (χ1n) is 15.1. The number of hydrogen-bond donors (Lipinski definition) is 1. The zero-order valence-electron chi connectivity index (χ0n) is 26.2. The van der Waals surface area contributed by atoms with Gasteiger partial charge in [0, 0.05) is 34.4 Å². The van der Waals surface area contributed by atoms with Gasteiger partial charge in [-0.2, -0.15) is 17.6 Å². The number of benzene rings is 2. The van der Waals surface area contributed by atoms with Crippen molar-refractivity contribution in [3.05, 3.63) is 39.9 Å². The highest BCUT2D eigenvalue weighted by molar-refractivity contribution is 9.10. The first-order valence-corrected chi connectivity index (χ1v) is 18.1. The van der Waals surface area contributed by atoms with Gasteiger partial charge in [-0.15, -0.1) is 0 Å². The monoisotopic (exact) mass is 758 g/mol. The number of thiazole rings is 1. The van der Waals surface area contributed by atoms with E-state index >= 15 is 0 Å². The molecule has 4 aromatic rings. The molecule has 3 aliphatic heterocycles. The molecule has 0 saturated heterocycles. The Hall–Kier alpha value is -3.08. The summed E-state index contributed by atoms with van der Waals surface area (Å²) < 4.78 is 77.8. The Kier molecular flexibility index (Phi) is 8.71. The Morgan fingerprint density at radius 1 is 1.19 bits per heavy atom. The molecular formula is C31H34BrF3N4O6S2. The molecule has 5 heterocycles. The van der Waals surface area contributed by atoms with E-state index in [0.29, 0.717) is 6.61 Å². The van der Waals surface area contributed by atoms with Crippen LogP contribution in [-0.2, 0) is 32.5 Å². The molecule has 10 nitrogen and oxygen atoms in total. The maximum atomic E-state index is 12.7. The van der Waals surface area contributed by atoms with Gasteiger partial charge in [0.15, 0.2) is 15.6 Å². The number of aryl methyl sites for hydroxylation is 1. The van der Waals surface area contributed by atoms with Crippen LogP contribution in [0.15, 0.2) is 28.7 Å². The van der Waals surface area contributed by atoms with Crippen LogP contribution >= 0.6 is 27.3 Å². The lowest BCUT2D eigenvalue weighted by atomic mass is 9.88. The lowest BCUT2D eigenvalue weighted by molar-refractivity contribution is -0.684. The summed E-state index contributed by atoms with van der Waals surface area (Å²) in [5.41, 5.74) is 1.70. The third-order valence-corrected chi connectivity index (χ3v) is 10.5. The number of carbonyl (C=O) groups is 1. The number of hydrogen-bond acceptors (Lipinski definition) is 9. The zero-order chi connectivity index (χ0) is 34.1. The molecule has 254 valence electrons.